The van der Waals surface area contributed by atoms with E-state index in [1.54, 1.807) is 0 Å². The highest BCUT2D eigenvalue weighted by molar-refractivity contribution is 7.17. The first-order valence-electron chi connectivity index (χ1n) is 5.85. The Balaban J connectivity index is 2.23. The van der Waals surface area contributed by atoms with Crippen molar-refractivity contribution in [3.63, 3.8) is 0 Å². The third-order valence-electron chi connectivity index (χ3n) is 4.07. The molecule has 1 aliphatic heterocycles. The molecule has 0 unspecified atom stereocenters. The highest BCUT2D eigenvalue weighted by Crippen LogP contribution is 2.45. The first kappa shape index (κ1) is 11.6. The van der Waals surface area contributed by atoms with Gasteiger partial charge >= 0.3 is 0 Å². The van der Waals surface area contributed by atoms with Gasteiger partial charge in [0.2, 0.25) is 0 Å². The molecule has 1 saturated heterocycles. The molecule has 2 rings (SSSR count). The molecule has 2 nitrogen and oxygen atoms in total. The van der Waals surface area contributed by atoms with Crippen molar-refractivity contribution < 1.29 is 4.65 Å². The van der Waals surface area contributed by atoms with Crippen molar-refractivity contribution in [3.05, 3.63) is 24.3 Å². The smallest absolute Gasteiger partial charge is 0.284 e. The number of benzene rings is 1. The van der Waals surface area contributed by atoms with E-state index in [1.165, 1.54) is 5.46 Å². The zero-order valence-corrected chi connectivity index (χ0v) is 10.6. The number of hydrogen-bond donors (Lipinski definition) is 1. The number of rotatable bonds is 1. The van der Waals surface area contributed by atoms with Gasteiger partial charge in [0.1, 0.15) is 7.17 Å². The Morgan fingerprint density at radius 2 is 1.69 bits per heavy atom. The summed E-state index contributed by atoms with van der Waals surface area (Å²) in [5.74, 6) is 0. The second-order valence-corrected chi connectivity index (χ2v) is 5.87. The lowest BCUT2D eigenvalue weighted by Gasteiger charge is -2.34. The van der Waals surface area contributed by atoms with E-state index in [0.717, 1.165) is 12.9 Å². The van der Waals surface area contributed by atoms with E-state index in [9.17, 15) is 0 Å². The van der Waals surface area contributed by atoms with Crippen LogP contribution in [0.25, 0.3) is 0 Å². The molecule has 16 heavy (non-hydrogen) atoms. The number of nitrogens with two attached hydrogens (primary N) is 1. The van der Waals surface area contributed by atoms with E-state index in [0.29, 0.717) is 0 Å². The monoisotopic (exact) mass is 215 g/mol. The van der Waals surface area contributed by atoms with Gasteiger partial charge in [0, 0.05) is 11.3 Å². The summed E-state index contributed by atoms with van der Waals surface area (Å²) in [7, 11) is 1.06. The molecule has 1 aromatic rings. The van der Waals surface area contributed by atoms with E-state index in [1.807, 2.05) is 12.1 Å². The Morgan fingerprint density at radius 1 is 1.12 bits per heavy atom. The summed E-state index contributed by atoms with van der Waals surface area (Å²) in [6.07, 6.45) is 0. The van der Waals surface area contributed by atoms with E-state index < -0.39 is 0 Å². The van der Waals surface area contributed by atoms with Crippen molar-refractivity contribution in [1.82, 2.24) is 0 Å². The summed E-state index contributed by atoms with van der Waals surface area (Å²) >= 11 is 0. The molecule has 0 spiro atoms. The van der Waals surface area contributed by atoms with Gasteiger partial charge in [-0.05, 0) is 31.3 Å². The minimum atomic E-state index is -0.0704. The molecule has 1 heterocycles. The number of hydrogen-bond acceptors (Lipinski definition) is 2. The van der Waals surface area contributed by atoms with Crippen LogP contribution in [0.4, 0.5) is 5.69 Å². The molecular formula is C12H19B2NO. The molecule has 0 radical (unpaired) electrons. The Bertz CT molecular complexity index is 371. The summed E-state index contributed by atoms with van der Waals surface area (Å²) in [6.45, 7) is 9.08. The van der Waals surface area contributed by atoms with Crippen LogP contribution >= 0.6 is 0 Å². The van der Waals surface area contributed by atoms with E-state index in [4.69, 9.17) is 10.4 Å². The van der Waals surface area contributed by atoms with Crippen LogP contribution in [-0.4, -0.2) is 19.6 Å². The maximum absolute atomic E-state index is 6.15. The molecule has 84 valence electrons. The van der Waals surface area contributed by atoms with Crippen LogP contribution in [0.5, 0.6) is 0 Å². The molecule has 0 aliphatic carbocycles. The highest BCUT2D eigenvalue weighted by Gasteiger charge is 2.50. The van der Waals surface area contributed by atoms with E-state index >= 15 is 0 Å². The van der Waals surface area contributed by atoms with Gasteiger partial charge in [-0.3, -0.25) is 0 Å². The van der Waals surface area contributed by atoms with Gasteiger partial charge in [0.25, 0.3) is 6.81 Å². The van der Waals surface area contributed by atoms with Crippen LogP contribution in [0.1, 0.15) is 27.7 Å². The molecule has 0 atom stereocenters. The van der Waals surface area contributed by atoms with Crippen molar-refractivity contribution in [3.8, 4) is 0 Å². The zero-order valence-electron chi connectivity index (χ0n) is 10.6. The summed E-state index contributed by atoms with van der Waals surface area (Å²) in [4.78, 5) is 0. The third-order valence-corrected chi connectivity index (χ3v) is 4.07. The van der Waals surface area contributed by atoms with Gasteiger partial charge in [-0.1, -0.05) is 31.4 Å². The minimum Gasteiger partial charge on any atom is -0.434 e. The highest BCUT2D eigenvalue weighted by atomic mass is 16.5. The quantitative estimate of drug-likeness (QED) is 0.567. The van der Waals surface area contributed by atoms with Crippen LogP contribution in [0, 0.1) is 0 Å². The first-order valence-corrected chi connectivity index (χ1v) is 5.85. The Hall–Kier alpha value is -0.890. The van der Waals surface area contributed by atoms with Crippen molar-refractivity contribution in [1.29, 1.82) is 0 Å². The van der Waals surface area contributed by atoms with Gasteiger partial charge in [-0.25, -0.2) is 0 Å². The Kier molecular flexibility index (Phi) is 2.58. The van der Waals surface area contributed by atoms with Crippen LogP contribution in [0.15, 0.2) is 24.3 Å². The molecule has 2 N–H and O–H groups in total. The fourth-order valence-corrected chi connectivity index (χ4v) is 2.16. The van der Waals surface area contributed by atoms with Crippen LogP contribution < -0.4 is 11.2 Å². The van der Waals surface area contributed by atoms with Crippen molar-refractivity contribution in [2.24, 2.45) is 0 Å². The van der Waals surface area contributed by atoms with E-state index in [2.05, 4.69) is 39.8 Å². The molecule has 0 amide bonds. The lowest BCUT2D eigenvalue weighted by molar-refractivity contribution is 0.0881. The third kappa shape index (κ3) is 1.86. The van der Waals surface area contributed by atoms with Crippen molar-refractivity contribution in [2.75, 3.05) is 5.73 Å². The molecule has 4 heteroatoms. The molecule has 1 aliphatic rings. The zero-order chi connectivity index (χ0) is 12.0. The fraction of sp³-hybridized carbons (Fsp3) is 0.500. The van der Waals surface area contributed by atoms with Gasteiger partial charge < -0.3 is 10.4 Å². The fourth-order valence-electron chi connectivity index (χ4n) is 2.16. The first-order chi connectivity index (χ1) is 7.32. The number of anilines is 1. The summed E-state index contributed by atoms with van der Waals surface area (Å²) < 4.78 is 6.15. The summed E-state index contributed by atoms with van der Waals surface area (Å²) in [5.41, 5.74) is 7.66. The molecule has 0 aromatic heterocycles. The Morgan fingerprint density at radius 3 is 2.12 bits per heavy atom. The van der Waals surface area contributed by atoms with Gasteiger partial charge in [-0.15, -0.1) is 0 Å². The second kappa shape index (κ2) is 3.56. The van der Waals surface area contributed by atoms with Crippen molar-refractivity contribution >= 4 is 25.1 Å². The average molecular weight is 215 g/mol. The van der Waals surface area contributed by atoms with Gasteiger partial charge in [0.05, 0.1) is 0 Å². The molecule has 1 fully saturated rings. The van der Waals surface area contributed by atoms with Crippen molar-refractivity contribution in [2.45, 2.75) is 38.6 Å². The van der Waals surface area contributed by atoms with Crippen LogP contribution in [0.2, 0.25) is 5.31 Å². The van der Waals surface area contributed by atoms with Gasteiger partial charge in [0.15, 0.2) is 0 Å². The van der Waals surface area contributed by atoms with Gasteiger partial charge in [-0.2, -0.15) is 0 Å². The molecular weight excluding hydrogens is 196 g/mol. The average Bonchev–Trinajstić information content (AvgIpc) is 2.37. The summed E-state index contributed by atoms with van der Waals surface area (Å²) in [6, 6.07) is 8.02. The summed E-state index contributed by atoms with van der Waals surface area (Å²) in [5, 5.41) is 0.207. The predicted octanol–water partition coefficient (Wildman–Crippen LogP) is 1.41. The minimum absolute atomic E-state index is 0.0704. The lowest BCUT2D eigenvalue weighted by atomic mass is 9.23. The maximum Gasteiger partial charge on any atom is 0.284 e. The molecule has 1 aromatic carbocycles. The standard InChI is InChI=1S/C12H19B2NO/c1-11(2)12(3,4)16-14(13-11)9-5-7-10(15)8-6-9/h5-8,13H,15H2,1-4H3. The van der Waals surface area contributed by atoms with Crippen LogP contribution in [-0.2, 0) is 4.65 Å². The maximum atomic E-state index is 6.15. The second-order valence-electron chi connectivity index (χ2n) is 5.87. The predicted molar refractivity (Wildman–Crippen MR) is 72.6 cm³/mol. The SMILES string of the molecule is CC1(C)BB(c2ccc(N)cc2)OC1(C)C. The lowest BCUT2D eigenvalue weighted by Crippen LogP contribution is -2.36. The largest absolute Gasteiger partial charge is 0.434 e. The Labute approximate surface area is 98.9 Å². The van der Waals surface area contributed by atoms with E-state index in [-0.39, 0.29) is 17.7 Å². The number of nitrogen functional groups attached to an aromatic ring is 1. The topological polar surface area (TPSA) is 35.2 Å². The normalized spacial score (nSPS) is 21.9. The molecule has 0 saturated carbocycles. The van der Waals surface area contributed by atoms with Crippen LogP contribution in [0.3, 0.4) is 0 Å². The molecule has 0 bridgehead atoms.